The van der Waals surface area contributed by atoms with Gasteiger partial charge in [-0.25, -0.2) is 8.42 Å². The topological polar surface area (TPSA) is 143 Å². The maximum atomic E-state index is 12.8. The minimum atomic E-state index is -4.56. The molecule has 3 rings (SSSR count). The summed E-state index contributed by atoms with van der Waals surface area (Å²) in [6, 6.07) is 8.25. The second-order valence-corrected chi connectivity index (χ2v) is 8.15. The van der Waals surface area contributed by atoms with Crippen molar-refractivity contribution in [1.82, 2.24) is 4.90 Å². The summed E-state index contributed by atoms with van der Waals surface area (Å²) in [4.78, 5) is 29.0. The van der Waals surface area contributed by atoms with Crippen molar-refractivity contribution in [2.75, 3.05) is 18.8 Å². The summed E-state index contributed by atoms with van der Waals surface area (Å²) in [6.45, 7) is -0.0652. The third kappa shape index (κ3) is 5.86. The van der Waals surface area contributed by atoms with Crippen LogP contribution < -0.4 is 29.6 Å². The van der Waals surface area contributed by atoms with Crippen LogP contribution in [0.2, 0.25) is 0 Å². The van der Waals surface area contributed by atoms with Crippen LogP contribution in [-0.2, 0) is 10.1 Å². The summed E-state index contributed by atoms with van der Waals surface area (Å²) in [5, 5.41) is 4.60. The van der Waals surface area contributed by atoms with Crippen LogP contribution in [0.3, 0.4) is 0 Å². The van der Waals surface area contributed by atoms with Gasteiger partial charge in [0.1, 0.15) is 0 Å². The Morgan fingerprint density at radius 2 is 1.81 bits per heavy atom. The van der Waals surface area contributed by atoms with Gasteiger partial charge in [0, 0.05) is 46.5 Å². The van der Waals surface area contributed by atoms with Crippen molar-refractivity contribution in [2.45, 2.75) is 19.3 Å². The van der Waals surface area contributed by atoms with Gasteiger partial charge in [0.2, 0.25) is 0 Å². The number of carbonyl (C=O) groups is 2. The molecule has 1 aliphatic rings. The van der Waals surface area contributed by atoms with Gasteiger partial charge in [-0.1, -0.05) is 29.1 Å². The molecule has 0 saturated heterocycles. The number of carbonyl (C=O) groups excluding carboxylic acids is 2. The minimum absolute atomic E-state index is 0. The van der Waals surface area contributed by atoms with Crippen LogP contribution in [0.5, 0.6) is 0 Å². The summed E-state index contributed by atoms with van der Waals surface area (Å²) < 4.78 is 32.8. The van der Waals surface area contributed by atoms with E-state index in [-0.39, 0.29) is 40.7 Å². The molecule has 0 aromatic heterocycles. The zero-order chi connectivity index (χ0) is 21.7. The van der Waals surface area contributed by atoms with E-state index in [0.717, 1.165) is 17.7 Å². The SMILES string of the molecule is [N-]=[N+]=NCCCCC#Cc1ccc2c3c(cccc13)C(=O)N(CCS(=O)(=O)[O-])C2=O.[Na+]. The Morgan fingerprint density at radius 3 is 2.48 bits per heavy atom. The van der Waals surface area contributed by atoms with Gasteiger partial charge in [-0.05, 0) is 42.0 Å². The molecule has 2 amide bonds. The van der Waals surface area contributed by atoms with Crippen LogP contribution >= 0.6 is 0 Å². The fourth-order valence-corrected chi connectivity index (χ4v) is 3.67. The number of rotatable bonds is 7. The Hall–Kier alpha value is -2.38. The Balaban J connectivity index is 0.00000341. The number of nitrogens with zero attached hydrogens (tertiary/aromatic N) is 4. The van der Waals surface area contributed by atoms with Gasteiger partial charge >= 0.3 is 29.6 Å². The number of unbranched alkanes of at least 4 members (excludes halogenated alkanes) is 2. The predicted molar refractivity (Wildman–Crippen MR) is 109 cm³/mol. The Morgan fingerprint density at radius 1 is 1.10 bits per heavy atom. The largest absolute Gasteiger partial charge is 1.00 e. The molecule has 0 unspecified atom stereocenters. The molecule has 1 aliphatic heterocycles. The smallest absolute Gasteiger partial charge is 0.748 e. The van der Waals surface area contributed by atoms with Gasteiger partial charge in [0.15, 0.2) is 0 Å². The second-order valence-electron chi connectivity index (χ2n) is 6.63. The van der Waals surface area contributed by atoms with Crippen LogP contribution in [-0.4, -0.2) is 48.5 Å². The van der Waals surface area contributed by atoms with E-state index in [4.69, 9.17) is 5.53 Å². The zero-order valence-electron chi connectivity index (χ0n) is 16.9. The van der Waals surface area contributed by atoms with E-state index in [9.17, 15) is 22.6 Å². The second kappa shape index (κ2) is 10.8. The van der Waals surface area contributed by atoms with E-state index in [1.165, 1.54) is 0 Å². The molecule has 0 bridgehead atoms. The standard InChI is InChI=1S/C20H18N4O5S.Na/c21-23-22-11-4-2-1-3-6-14-9-10-17-18-15(14)7-5-8-16(18)19(25)24(20(17)26)12-13-30(27,28)29;/h5,7-10H,1-2,4,11-13H2,(H,27,28,29);/q;+1/p-1. The van der Waals surface area contributed by atoms with Gasteiger partial charge in [0.25, 0.3) is 11.8 Å². The monoisotopic (exact) mass is 448 g/mol. The van der Waals surface area contributed by atoms with Crippen molar-refractivity contribution in [3.8, 4) is 11.8 Å². The molecule has 11 heteroatoms. The molecule has 0 saturated carbocycles. The average molecular weight is 448 g/mol. The van der Waals surface area contributed by atoms with Crippen LogP contribution in [0.15, 0.2) is 35.4 Å². The minimum Gasteiger partial charge on any atom is -0.748 e. The first kappa shape index (κ1) is 24.9. The summed E-state index contributed by atoms with van der Waals surface area (Å²) >= 11 is 0. The number of hydrogen-bond acceptors (Lipinski definition) is 6. The van der Waals surface area contributed by atoms with Gasteiger partial charge in [-0.3, -0.25) is 14.5 Å². The van der Waals surface area contributed by atoms with E-state index in [1.54, 1.807) is 30.3 Å². The van der Waals surface area contributed by atoms with Gasteiger partial charge in [0.05, 0.1) is 15.9 Å². The predicted octanol–water partition coefficient (Wildman–Crippen LogP) is -0.183. The van der Waals surface area contributed by atoms with Crippen molar-refractivity contribution in [2.24, 2.45) is 5.11 Å². The van der Waals surface area contributed by atoms with E-state index in [0.29, 0.717) is 29.3 Å². The molecular formula is C20H17N4NaO5S. The first-order valence-corrected chi connectivity index (χ1v) is 10.8. The van der Waals surface area contributed by atoms with Crippen molar-refractivity contribution in [1.29, 1.82) is 0 Å². The molecule has 9 nitrogen and oxygen atoms in total. The van der Waals surface area contributed by atoms with Crippen LogP contribution in [0, 0.1) is 11.8 Å². The summed E-state index contributed by atoms with van der Waals surface area (Å²) in [5.74, 6) is 4.00. The maximum absolute atomic E-state index is 12.8. The molecule has 1 heterocycles. The molecule has 2 aromatic carbocycles. The fraction of sp³-hybridized carbons (Fsp3) is 0.300. The van der Waals surface area contributed by atoms with E-state index in [1.807, 2.05) is 0 Å². The number of hydrogen-bond donors (Lipinski definition) is 0. The number of imide groups is 1. The van der Waals surface area contributed by atoms with Crippen molar-refractivity contribution in [3.63, 3.8) is 0 Å². The normalized spacial score (nSPS) is 12.6. The maximum Gasteiger partial charge on any atom is 1.00 e. The van der Waals surface area contributed by atoms with Crippen molar-refractivity contribution in [3.05, 3.63) is 57.5 Å². The quantitative estimate of drug-likeness (QED) is 0.0843. The summed E-state index contributed by atoms with van der Waals surface area (Å²) in [7, 11) is -4.56. The average Bonchev–Trinajstić information content (AvgIpc) is 2.70. The molecule has 0 atom stereocenters. The first-order valence-electron chi connectivity index (χ1n) is 9.18. The molecule has 0 radical (unpaired) electrons. The van der Waals surface area contributed by atoms with Crippen LogP contribution in [0.4, 0.5) is 0 Å². The van der Waals surface area contributed by atoms with E-state index < -0.39 is 34.2 Å². The molecule has 0 spiro atoms. The zero-order valence-corrected chi connectivity index (χ0v) is 19.7. The fourth-order valence-electron chi connectivity index (χ4n) is 3.26. The molecular weight excluding hydrogens is 431 g/mol. The van der Waals surface area contributed by atoms with Crippen molar-refractivity contribution < 1.29 is 52.1 Å². The van der Waals surface area contributed by atoms with Crippen LogP contribution in [0.1, 0.15) is 45.5 Å². The molecule has 0 fully saturated rings. The Bertz CT molecular complexity index is 1220. The first-order chi connectivity index (χ1) is 14.3. The summed E-state index contributed by atoms with van der Waals surface area (Å²) in [6.07, 6.45) is 2.13. The third-order valence-electron chi connectivity index (χ3n) is 4.65. The summed E-state index contributed by atoms with van der Waals surface area (Å²) in [5.41, 5.74) is 9.45. The van der Waals surface area contributed by atoms with E-state index in [2.05, 4.69) is 21.9 Å². The number of amides is 2. The van der Waals surface area contributed by atoms with Gasteiger partial charge in [-0.2, -0.15) is 0 Å². The van der Waals surface area contributed by atoms with Crippen molar-refractivity contribution >= 4 is 32.7 Å². The molecule has 154 valence electrons. The molecule has 31 heavy (non-hydrogen) atoms. The van der Waals surface area contributed by atoms with Gasteiger partial charge < -0.3 is 4.55 Å². The van der Waals surface area contributed by atoms with Crippen LogP contribution in [0.25, 0.3) is 21.2 Å². The molecule has 0 aliphatic carbocycles. The Kier molecular flexibility index (Phi) is 8.65. The van der Waals surface area contributed by atoms with E-state index >= 15 is 0 Å². The Labute approximate surface area is 201 Å². The molecule has 2 aromatic rings. The molecule has 0 N–H and O–H groups in total. The number of azide groups is 1. The van der Waals surface area contributed by atoms with Gasteiger partial charge in [-0.15, -0.1) is 0 Å². The third-order valence-corrected chi connectivity index (χ3v) is 5.34. The number of benzene rings is 2.